The summed E-state index contributed by atoms with van der Waals surface area (Å²) in [5.74, 6) is -0.120. The predicted molar refractivity (Wildman–Crippen MR) is 69.1 cm³/mol. The fourth-order valence-electron chi connectivity index (χ4n) is 1.81. The summed E-state index contributed by atoms with van der Waals surface area (Å²) in [6.07, 6.45) is 4.31. The van der Waals surface area contributed by atoms with Crippen LogP contribution in [0.1, 0.15) is 16.2 Å². The largest absolute Gasteiger partial charge is 0.397 e. The Kier molecular flexibility index (Phi) is 3.36. The van der Waals surface area contributed by atoms with E-state index in [0.29, 0.717) is 24.3 Å². The quantitative estimate of drug-likeness (QED) is 0.816. The summed E-state index contributed by atoms with van der Waals surface area (Å²) in [6, 6.07) is 3.60. The molecule has 2 heterocycles. The minimum atomic E-state index is -0.120. The van der Waals surface area contributed by atoms with Gasteiger partial charge in [-0.2, -0.15) is 5.10 Å². The molecule has 0 bridgehead atoms. The van der Waals surface area contributed by atoms with Gasteiger partial charge in [0.05, 0.1) is 11.4 Å². The number of rotatable bonds is 4. The van der Waals surface area contributed by atoms with Gasteiger partial charge < -0.3 is 15.6 Å². The van der Waals surface area contributed by atoms with E-state index in [1.807, 2.05) is 19.3 Å². The first-order valence-corrected chi connectivity index (χ1v) is 5.75. The molecule has 3 N–H and O–H groups in total. The van der Waals surface area contributed by atoms with E-state index in [4.69, 9.17) is 5.73 Å². The van der Waals surface area contributed by atoms with Gasteiger partial charge in [-0.05, 0) is 12.1 Å². The van der Waals surface area contributed by atoms with Crippen LogP contribution in [0.2, 0.25) is 0 Å². The Bertz CT molecular complexity index is 555. The van der Waals surface area contributed by atoms with Crippen LogP contribution in [0.4, 0.5) is 5.69 Å². The monoisotopic (exact) mass is 247 g/mol. The van der Waals surface area contributed by atoms with E-state index in [1.54, 1.807) is 28.6 Å². The number of nitrogen functional groups attached to an aromatic ring is 1. The van der Waals surface area contributed by atoms with Gasteiger partial charge in [-0.15, -0.1) is 0 Å². The number of aromatic nitrogens is 3. The first kappa shape index (κ1) is 12.2. The van der Waals surface area contributed by atoms with Gasteiger partial charge in [0.1, 0.15) is 5.69 Å². The molecular weight excluding hydrogens is 230 g/mol. The molecule has 0 saturated carbocycles. The molecule has 0 atom stereocenters. The second-order valence-corrected chi connectivity index (χ2v) is 4.26. The van der Waals surface area contributed by atoms with E-state index in [0.717, 1.165) is 5.69 Å². The first-order valence-electron chi connectivity index (χ1n) is 5.75. The standard InChI is InChI=1S/C12H17N5O/c1-16-8-9(13)7-11(16)12(18)14-5-3-10-4-6-17(2)15-10/h4,6-8H,3,5,13H2,1-2H3,(H,14,18). The lowest BCUT2D eigenvalue weighted by atomic mass is 10.3. The van der Waals surface area contributed by atoms with Crippen LogP contribution in [0.25, 0.3) is 0 Å². The molecule has 96 valence electrons. The maximum Gasteiger partial charge on any atom is 0.267 e. The molecule has 0 aliphatic carbocycles. The predicted octanol–water partition coefficient (Wildman–Crippen LogP) is 0.313. The maximum absolute atomic E-state index is 11.9. The van der Waals surface area contributed by atoms with Crippen molar-refractivity contribution in [2.24, 2.45) is 14.1 Å². The van der Waals surface area contributed by atoms with Gasteiger partial charge >= 0.3 is 0 Å². The van der Waals surface area contributed by atoms with Crippen molar-refractivity contribution in [2.45, 2.75) is 6.42 Å². The molecule has 0 saturated heterocycles. The Hall–Kier alpha value is -2.24. The van der Waals surface area contributed by atoms with Gasteiger partial charge in [0.2, 0.25) is 0 Å². The van der Waals surface area contributed by atoms with Crippen LogP contribution in [0.5, 0.6) is 0 Å². The minimum Gasteiger partial charge on any atom is -0.397 e. The number of carbonyl (C=O) groups is 1. The number of hydrogen-bond donors (Lipinski definition) is 2. The van der Waals surface area contributed by atoms with Gasteiger partial charge in [-0.3, -0.25) is 9.48 Å². The zero-order valence-electron chi connectivity index (χ0n) is 10.6. The average molecular weight is 247 g/mol. The molecule has 0 radical (unpaired) electrons. The first-order chi connectivity index (χ1) is 8.56. The number of carbonyl (C=O) groups excluding carboxylic acids is 1. The molecule has 6 heteroatoms. The van der Waals surface area contributed by atoms with Gasteiger partial charge in [0.25, 0.3) is 5.91 Å². The van der Waals surface area contributed by atoms with Gasteiger partial charge in [-0.25, -0.2) is 0 Å². The fourth-order valence-corrected chi connectivity index (χ4v) is 1.81. The molecular formula is C12H17N5O. The van der Waals surface area contributed by atoms with E-state index in [1.165, 1.54) is 0 Å². The van der Waals surface area contributed by atoms with Crippen LogP contribution in [0, 0.1) is 0 Å². The van der Waals surface area contributed by atoms with Crippen molar-refractivity contribution in [3.63, 3.8) is 0 Å². The molecule has 1 amide bonds. The van der Waals surface area contributed by atoms with Crippen molar-refractivity contribution in [1.82, 2.24) is 19.7 Å². The van der Waals surface area contributed by atoms with Gasteiger partial charge in [0.15, 0.2) is 0 Å². The van der Waals surface area contributed by atoms with Crippen LogP contribution >= 0.6 is 0 Å². The second kappa shape index (κ2) is 4.95. The Labute approximate surface area is 105 Å². The summed E-state index contributed by atoms with van der Waals surface area (Å²) >= 11 is 0. The van der Waals surface area contributed by atoms with Crippen LogP contribution in [0.15, 0.2) is 24.5 Å². The highest BCUT2D eigenvalue weighted by Gasteiger charge is 2.10. The Morgan fingerprint density at radius 1 is 1.50 bits per heavy atom. The lowest BCUT2D eigenvalue weighted by molar-refractivity contribution is 0.0946. The topological polar surface area (TPSA) is 77.9 Å². The summed E-state index contributed by atoms with van der Waals surface area (Å²) in [6.45, 7) is 0.556. The van der Waals surface area contributed by atoms with Crippen LogP contribution < -0.4 is 11.1 Å². The van der Waals surface area contributed by atoms with E-state index < -0.39 is 0 Å². The minimum absolute atomic E-state index is 0.120. The van der Waals surface area contributed by atoms with Gasteiger partial charge in [-0.1, -0.05) is 0 Å². The van der Waals surface area contributed by atoms with Crippen LogP contribution in [-0.2, 0) is 20.5 Å². The zero-order chi connectivity index (χ0) is 13.1. The molecule has 0 spiro atoms. The molecule has 0 aromatic carbocycles. The third-order valence-corrected chi connectivity index (χ3v) is 2.69. The molecule has 0 fully saturated rings. The van der Waals surface area contributed by atoms with E-state index in [-0.39, 0.29) is 5.91 Å². The molecule has 2 aromatic heterocycles. The number of hydrogen-bond acceptors (Lipinski definition) is 3. The Morgan fingerprint density at radius 3 is 2.83 bits per heavy atom. The number of nitrogens with zero attached hydrogens (tertiary/aromatic N) is 3. The SMILES string of the molecule is Cn1ccc(CCNC(=O)c2cc(N)cn2C)n1. The number of aryl methyl sites for hydroxylation is 2. The van der Waals surface area contributed by atoms with Crippen LogP contribution in [-0.4, -0.2) is 26.8 Å². The zero-order valence-corrected chi connectivity index (χ0v) is 10.6. The molecule has 0 aliphatic rings. The van der Waals surface area contributed by atoms with Crippen molar-refractivity contribution in [2.75, 3.05) is 12.3 Å². The number of nitrogens with one attached hydrogen (secondary N) is 1. The van der Waals surface area contributed by atoms with Crippen molar-refractivity contribution < 1.29 is 4.79 Å². The van der Waals surface area contributed by atoms with Crippen molar-refractivity contribution >= 4 is 11.6 Å². The smallest absolute Gasteiger partial charge is 0.267 e. The third kappa shape index (κ3) is 2.71. The van der Waals surface area contributed by atoms with E-state index >= 15 is 0 Å². The highest BCUT2D eigenvalue weighted by Crippen LogP contribution is 2.08. The van der Waals surface area contributed by atoms with Crippen molar-refractivity contribution in [3.8, 4) is 0 Å². The van der Waals surface area contributed by atoms with Crippen LogP contribution in [0.3, 0.4) is 0 Å². The van der Waals surface area contributed by atoms with E-state index in [2.05, 4.69) is 10.4 Å². The fraction of sp³-hybridized carbons (Fsp3) is 0.333. The highest BCUT2D eigenvalue weighted by molar-refractivity contribution is 5.93. The third-order valence-electron chi connectivity index (χ3n) is 2.69. The molecule has 0 unspecified atom stereocenters. The number of nitrogens with two attached hydrogens (primary N) is 1. The van der Waals surface area contributed by atoms with Crippen molar-refractivity contribution in [3.05, 3.63) is 35.9 Å². The number of amides is 1. The molecule has 0 aliphatic heterocycles. The summed E-state index contributed by atoms with van der Waals surface area (Å²) in [4.78, 5) is 11.9. The summed E-state index contributed by atoms with van der Waals surface area (Å²) in [5.41, 5.74) is 7.74. The Balaban J connectivity index is 1.87. The summed E-state index contributed by atoms with van der Waals surface area (Å²) in [5, 5.41) is 7.09. The van der Waals surface area contributed by atoms with Gasteiger partial charge in [0, 0.05) is 39.5 Å². The summed E-state index contributed by atoms with van der Waals surface area (Å²) < 4.78 is 3.46. The normalized spacial score (nSPS) is 10.6. The second-order valence-electron chi connectivity index (χ2n) is 4.26. The van der Waals surface area contributed by atoms with E-state index in [9.17, 15) is 4.79 Å². The number of anilines is 1. The Morgan fingerprint density at radius 2 is 2.28 bits per heavy atom. The molecule has 2 rings (SSSR count). The van der Waals surface area contributed by atoms with Crippen molar-refractivity contribution in [1.29, 1.82) is 0 Å². The lowest BCUT2D eigenvalue weighted by Gasteiger charge is -2.04. The lowest BCUT2D eigenvalue weighted by Crippen LogP contribution is -2.27. The summed E-state index contributed by atoms with van der Waals surface area (Å²) in [7, 11) is 3.67. The molecule has 6 nitrogen and oxygen atoms in total. The maximum atomic E-state index is 11.9. The molecule has 18 heavy (non-hydrogen) atoms. The average Bonchev–Trinajstić information content (AvgIpc) is 2.85. The highest BCUT2D eigenvalue weighted by atomic mass is 16.1. The molecule has 2 aromatic rings.